The molecule has 1 saturated heterocycles. The lowest BCUT2D eigenvalue weighted by atomic mass is 10.2. The number of hydrogen-bond donors (Lipinski definition) is 0. The van der Waals surface area contributed by atoms with Crippen LogP contribution >= 0.6 is 11.3 Å². The van der Waals surface area contributed by atoms with Gasteiger partial charge in [0.25, 0.3) is 5.91 Å². The summed E-state index contributed by atoms with van der Waals surface area (Å²) < 4.78 is 0. The quantitative estimate of drug-likeness (QED) is 0.852. The zero-order valence-electron chi connectivity index (χ0n) is 12.2. The molecule has 3 heterocycles. The third kappa shape index (κ3) is 3.13. The Morgan fingerprint density at radius 2 is 1.95 bits per heavy atom. The smallest absolute Gasteiger partial charge is 0.265 e. The highest BCUT2D eigenvalue weighted by Gasteiger charge is 2.22. The highest BCUT2D eigenvalue weighted by molar-refractivity contribution is 7.17. The molecule has 0 atom stereocenters. The van der Waals surface area contributed by atoms with Crippen LogP contribution in [0.5, 0.6) is 0 Å². The van der Waals surface area contributed by atoms with Crippen molar-refractivity contribution in [2.75, 3.05) is 13.1 Å². The van der Waals surface area contributed by atoms with Gasteiger partial charge in [0, 0.05) is 19.3 Å². The van der Waals surface area contributed by atoms with Crippen LogP contribution in [0, 0.1) is 6.92 Å². The van der Waals surface area contributed by atoms with Crippen molar-refractivity contribution < 1.29 is 4.79 Å². The van der Waals surface area contributed by atoms with E-state index in [1.807, 2.05) is 30.0 Å². The molecular formula is C16H19N3OS. The van der Waals surface area contributed by atoms with Crippen LogP contribution in [0.4, 0.5) is 0 Å². The topological polar surface area (TPSA) is 46.1 Å². The summed E-state index contributed by atoms with van der Waals surface area (Å²) in [6.07, 6.45) is 6.42. The van der Waals surface area contributed by atoms with E-state index in [0.717, 1.165) is 47.2 Å². The van der Waals surface area contributed by atoms with Gasteiger partial charge in [-0.25, -0.2) is 4.98 Å². The molecule has 0 aliphatic carbocycles. The lowest BCUT2D eigenvalue weighted by molar-refractivity contribution is 0.0765. The minimum atomic E-state index is 0.133. The van der Waals surface area contributed by atoms with Crippen molar-refractivity contribution in [2.24, 2.45) is 0 Å². The van der Waals surface area contributed by atoms with Crippen molar-refractivity contribution >= 4 is 17.2 Å². The molecular weight excluding hydrogens is 282 g/mol. The molecule has 0 spiro atoms. The molecule has 2 aromatic rings. The number of likely N-dealkylation sites (tertiary alicyclic amines) is 1. The summed E-state index contributed by atoms with van der Waals surface area (Å²) in [4.78, 5) is 24.3. The number of aryl methyl sites for hydroxylation is 1. The predicted octanol–water partition coefficient (Wildman–Crippen LogP) is 3.53. The van der Waals surface area contributed by atoms with Crippen molar-refractivity contribution in [2.45, 2.75) is 32.6 Å². The summed E-state index contributed by atoms with van der Waals surface area (Å²) in [5.74, 6) is 0.133. The minimum absolute atomic E-state index is 0.133. The molecule has 4 nitrogen and oxygen atoms in total. The van der Waals surface area contributed by atoms with Crippen LogP contribution in [0.1, 0.15) is 41.0 Å². The Hall–Kier alpha value is -1.75. The lowest BCUT2D eigenvalue weighted by Crippen LogP contribution is -2.31. The first-order chi connectivity index (χ1) is 10.3. The molecule has 0 bridgehead atoms. The Morgan fingerprint density at radius 3 is 2.62 bits per heavy atom. The van der Waals surface area contributed by atoms with Crippen LogP contribution in [0.25, 0.3) is 10.7 Å². The zero-order chi connectivity index (χ0) is 14.7. The van der Waals surface area contributed by atoms with Crippen molar-refractivity contribution in [1.29, 1.82) is 0 Å². The Morgan fingerprint density at radius 1 is 1.19 bits per heavy atom. The van der Waals surface area contributed by atoms with Gasteiger partial charge in [0.15, 0.2) is 0 Å². The van der Waals surface area contributed by atoms with E-state index in [9.17, 15) is 4.79 Å². The van der Waals surface area contributed by atoms with E-state index < -0.39 is 0 Å². The van der Waals surface area contributed by atoms with Gasteiger partial charge in [-0.1, -0.05) is 18.9 Å². The second-order valence-electron chi connectivity index (χ2n) is 5.35. The van der Waals surface area contributed by atoms with Crippen molar-refractivity contribution in [3.05, 3.63) is 35.0 Å². The lowest BCUT2D eigenvalue weighted by Gasteiger charge is -2.19. The largest absolute Gasteiger partial charge is 0.338 e. The summed E-state index contributed by atoms with van der Waals surface area (Å²) in [7, 11) is 0. The Balaban J connectivity index is 1.85. The number of aromatic nitrogens is 2. The molecule has 1 amide bonds. The summed E-state index contributed by atoms with van der Waals surface area (Å²) >= 11 is 1.46. The van der Waals surface area contributed by atoms with E-state index in [1.165, 1.54) is 24.2 Å². The van der Waals surface area contributed by atoms with Crippen LogP contribution in [0.3, 0.4) is 0 Å². The fraction of sp³-hybridized carbons (Fsp3) is 0.438. The normalized spacial score (nSPS) is 15.8. The van der Waals surface area contributed by atoms with Crippen molar-refractivity contribution in [3.63, 3.8) is 0 Å². The number of carbonyl (C=O) groups excluding carboxylic acids is 1. The molecule has 3 rings (SSSR count). The van der Waals surface area contributed by atoms with Gasteiger partial charge in [-0.05, 0) is 31.9 Å². The monoisotopic (exact) mass is 301 g/mol. The number of hydrogen-bond acceptors (Lipinski definition) is 4. The predicted molar refractivity (Wildman–Crippen MR) is 84.5 cm³/mol. The molecule has 1 aliphatic heterocycles. The first-order valence-corrected chi connectivity index (χ1v) is 8.25. The molecule has 0 unspecified atom stereocenters. The maximum absolute atomic E-state index is 12.7. The Kier molecular flexibility index (Phi) is 4.29. The SMILES string of the molecule is Cc1nc(-c2ccccn2)sc1C(=O)N1CCCCCC1. The minimum Gasteiger partial charge on any atom is -0.338 e. The molecule has 5 heteroatoms. The third-order valence-electron chi connectivity index (χ3n) is 3.77. The van der Waals surface area contributed by atoms with E-state index in [0.29, 0.717) is 0 Å². The van der Waals surface area contributed by atoms with Gasteiger partial charge in [-0.3, -0.25) is 9.78 Å². The molecule has 0 aromatic carbocycles. The number of pyridine rings is 1. The summed E-state index contributed by atoms with van der Waals surface area (Å²) in [6.45, 7) is 3.65. The maximum Gasteiger partial charge on any atom is 0.265 e. The van der Waals surface area contributed by atoms with Crippen LogP contribution in [-0.4, -0.2) is 33.9 Å². The highest BCUT2D eigenvalue weighted by atomic mass is 32.1. The second kappa shape index (κ2) is 6.35. The molecule has 110 valence electrons. The average Bonchev–Trinajstić information content (AvgIpc) is 2.74. The first-order valence-electron chi connectivity index (χ1n) is 7.44. The average molecular weight is 301 g/mol. The van der Waals surface area contributed by atoms with Crippen LogP contribution in [0.2, 0.25) is 0 Å². The standard InChI is InChI=1S/C16H19N3OS/c1-12-14(16(20)19-10-6-2-3-7-11-19)21-15(18-12)13-8-4-5-9-17-13/h4-5,8-9H,2-3,6-7,10-11H2,1H3. The molecule has 0 radical (unpaired) electrons. The van der Waals surface area contributed by atoms with E-state index in [-0.39, 0.29) is 5.91 Å². The summed E-state index contributed by atoms with van der Waals surface area (Å²) in [5.41, 5.74) is 1.65. The maximum atomic E-state index is 12.7. The van der Waals surface area contributed by atoms with Gasteiger partial charge in [0.05, 0.1) is 11.4 Å². The molecule has 1 fully saturated rings. The fourth-order valence-electron chi connectivity index (χ4n) is 2.61. The molecule has 1 aliphatic rings. The summed E-state index contributed by atoms with van der Waals surface area (Å²) in [6, 6.07) is 5.75. The van der Waals surface area contributed by atoms with E-state index in [4.69, 9.17) is 0 Å². The van der Waals surface area contributed by atoms with Gasteiger partial charge in [-0.15, -0.1) is 11.3 Å². The Labute approximate surface area is 128 Å². The van der Waals surface area contributed by atoms with E-state index in [2.05, 4.69) is 9.97 Å². The van der Waals surface area contributed by atoms with Gasteiger partial charge in [-0.2, -0.15) is 0 Å². The van der Waals surface area contributed by atoms with E-state index in [1.54, 1.807) is 6.20 Å². The molecule has 2 aromatic heterocycles. The van der Waals surface area contributed by atoms with Gasteiger partial charge < -0.3 is 4.90 Å². The number of amides is 1. The number of nitrogens with zero attached hydrogens (tertiary/aromatic N) is 3. The first kappa shape index (κ1) is 14.2. The van der Waals surface area contributed by atoms with E-state index >= 15 is 0 Å². The number of rotatable bonds is 2. The summed E-state index contributed by atoms with van der Waals surface area (Å²) in [5, 5.41) is 0.825. The number of carbonyl (C=O) groups is 1. The second-order valence-corrected chi connectivity index (χ2v) is 6.35. The van der Waals surface area contributed by atoms with Crippen molar-refractivity contribution in [1.82, 2.24) is 14.9 Å². The third-order valence-corrected chi connectivity index (χ3v) is 4.94. The fourth-order valence-corrected chi connectivity index (χ4v) is 3.62. The van der Waals surface area contributed by atoms with Gasteiger partial charge in [0.2, 0.25) is 0 Å². The van der Waals surface area contributed by atoms with Crippen molar-refractivity contribution in [3.8, 4) is 10.7 Å². The molecule has 0 saturated carbocycles. The highest BCUT2D eigenvalue weighted by Crippen LogP contribution is 2.28. The van der Waals surface area contributed by atoms with Crippen LogP contribution in [-0.2, 0) is 0 Å². The van der Waals surface area contributed by atoms with Gasteiger partial charge >= 0.3 is 0 Å². The zero-order valence-corrected chi connectivity index (χ0v) is 13.0. The Bertz CT molecular complexity index is 616. The van der Waals surface area contributed by atoms with Crippen LogP contribution in [0.15, 0.2) is 24.4 Å². The van der Waals surface area contributed by atoms with Crippen LogP contribution < -0.4 is 0 Å². The molecule has 21 heavy (non-hydrogen) atoms. The number of thiazole rings is 1. The van der Waals surface area contributed by atoms with Gasteiger partial charge in [0.1, 0.15) is 9.88 Å². The molecule has 0 N–H and O–H groups in total.